The summed E-state index contributed by atoms with van der Waals surface area (Å²) >= 11 is 0. The van der Waals surface area contributed by atoms with Crippen LogP contribution in [0.1, 0.15) is 11.3 Å². The first kappa shape index (κ1) is 11.8. The zero-order valence-electron chi connectivity index (χ0n) is 11.1. The molecule has 0 radical (unpaired) electrons. The van der Waals surface area contributed by atoms with E-state index in [1.54, 1.807) is 0 Å². The van der Waals surface area contributed by atoms with Crippen LogP contribution in [0.4, 0.5) is 0 Å². The molecule has 0 aliphatic rings. The lowest BCUT2D eigenvalue weighted by molar-refractivity contribution is 0.315. The van der Waals surface area contributed by atoms with Crippen molar-refractivity contribution in [2.24, 2.45) is 0 Å². The first-order valence-electron chi connectivity index (χ1n) is 6.60. The van der Waals surface area contributed by atoms with E-state index in [2.05, 4.69) is 27.4 Å². The van der Waals surface area contributed by atoms with Gasteiger partial charge in [-0.2, -0.15) is 0 Å². The Bertz CT molecular complexity index is 881. The van der Waals surface area contributed by atoms with Gasteiger partial charge in [0.15, 0.2) is 12.2 Å². The van der Waals surface area contributed by atoms with E-state index >= 15 is 0 Å². The lowest BCUT2D eigenvalue weighted by Crippen LogP contribution is -1.91. The smallest absolute Gasteiger partial charge is 0.181 e. The standard InChI is InChI=1S/C16H11N3O2/c1-2-5-11(6-3-1)9-14-16(20-10-17-14)12-7-4-8-13-15(12)19-21-18-13/h1-8,10H,9H2. The highest BCUT2D eigenvalue weighted by atomic mass is 16.6. The van der Waals surface area contributed by atoms with Gasteiger partial charge in [-0.1, -0.05) is 36.4 Å². The van der Waals surface area contributed by atoms with Crippen LogP contribution < -0.4 is 0 Å². The molecule has 5 heteroatoms. The Morgan fingerprint density at radius 1 is 0.905 bits per heavy atom. The average molecular weight is 277 g/mol. The van der Waals surface area contributed by atoms with E-state index in [0.717, 1.165) is 11.3 Å². The van der Waals surface area contributed by atoms with Gasteiger partial charge in [0.1, 0.15) is 11.0 Å². The molecule has 0 bridgehead atoms. The molecule has 2 heterocycles. The molecule has 4 aromatic rings. The lowest BCUT2D eigenvalue weighted by atomic mass is 10.0. The summed E-state index contributed by atoms with van der Waals surface area (Å²) < 4.78 is 10.4. The third-order valence-corrected chi connectivity index (χ3v) is 3.39. The van der Waals surface area contributed by atoms with Crippen LogP contribution in [0.3, 0.4) is 0 Å². The van der Waals surface area contributed by atoms with Gasteiger partial charge < -0.3 is 4.42 Å². The molecule has 0 saturated heterocycles. The third kappa shape index (κ3) is 2.08. The van der Waals surface area contributed by atoms with Crippen molar-refractivity contribution < 1.29 is 9.05 Å². The number of benzene rings is 2. The summed E-state index contributed by atoms with van der Waals surface area (Å²) in [7, 11) is 0. The summed E-state index contributed by atoms with van der Waals surface area (Å²) in [5.41, 5.74) is 4.28. The second-order valence-electron chi connectivity index (χ2n) is 4.73. The Balaban J connectivity index is 1.80. The topological polar surface area (TPSA) is 65.0 Å². The van der Waals surface area contributed by atoms with Crippen LogP contribution in [-0.4, -0.2) is 15.3 Å². The number of hydrogen-bond donors (Lipinski definition) is 0. The van der Waals surface area contributed by atoms with E-state index in [1.165, 1.54) is 12.0 Å². The SMILES string of the molecule is c1ccc(Cc2ncoc2-c2cccc3nonc23)cc1. The molecule has 0 aliphatic carbocycles. The van der Waals surface area contributed by atoms with Crippen molar-refractivity contribution in [1.82, 2.24) is 15.3 Å². The van der Waals surface area contributed by atoms with Crippen LogP contribution in [0.25, 0.3) is 22.4 Å². The van der Waals surface area contributed by atoms with Gasteiger partial charge in [-0.05, 0) is 28.0 Å². The van der Waals surface area contributed by atoms with E-state index in [0.29, 0.717) is 23.2 Å². The fourth-order valence-electron chi connectivity index (χ4n) is 2.39. The van der Waals surface area contributed by atoms with Crippen molar-refractivity contribution in [3.63, 3.8) is 0 Å². The molecule has 0 aliphatic heterocycles. The van der Waals surface area contributed by atoms with E-state index in [1.807, 2.05) is 36.4 Å². The molecule has 21 heavy (non-hydrogen) atoms. The maximum absolute atomic E-state index is 5.58. The summed E-state index contributed by atoms with van der Waals surface area (Å²) in [4.78, 5) is 4.33. The molecule has 5 nitrogen and oxygen atoms in total. The molecule has 2 aromatic carbocycles. The van der Waals surface area contributed by atoms with Gasteiger partial charge in [-0.3, -0.25) is 0 Å². The van der Waals surface area contributed by atoms with Gasteiger partial charge in [0.2, 0.25) is 0 Å². The fraction of sp³-hybridized carbons (Fsp3) is 0.0625. The largest absolute Gasteiger partial charge is 0.443 e. The Kier molecular flexibility index (Phi) is 2.74. The molecule has 0 amide bonds. The molecule has 0 unspecified atom stereocenters. The van der Waals surface area contributed by atoms with Crippen LogP contribution in [-0.2, 0) is 6.42 Å². The molecule has 0 saturated carbocycles. The van der Waals surface area contributed by atoms with Crippen LogP contribution >= 0.6 is 0 Å². The van der Waals surface area contributed by atoms with Crippen LogP contribution in [0, 0.1) is 0 Å². The highest BCUT2D eigenvalue weighted by Crippen LogP contribution is 2.30. The lowest BCUT2D eigenvalue weighted by Gasteiger charge is -2.02. The fourth-order valence-corrected chi connectivity index (χ4v) is 2.39. The molecule has 4 rings (SSSR count). The summed E-state index contributed by atoms with van der Waals surface area (Å²) in [5, 5.41) is 7.80. The summed E-state index contributed by atoms with van der Waals surface area (Å²) in [6, 6.07) is 15.8. The van der Waals surface area contributed by atoms with Gasteiger partial charge in [0.05, 0.1) is 11.3 Å². The van der Waals surface area contributed by atoms with Gasteiger partial charge in [0, 0.05) is 6.42 Å². The first-order chi connectivity index (χ1) is 10.4. The zero-order valence-corrected chi connectivity index (χ0v) is 11.1. The number of oxazole rings is 1. The van der Waals surface area contributed by atoms with Crippen molar-refractivity contribution in [3.8, 4) is 11.3 Å². The summed E-state index contributed by atoms with van der Waals surface area (Å²) in [6.07, 6.45) is 2.16. The molecule has 0 atom stereocenters. The summed E-state index contributed by atoms with van der Waals surface area (Å²) in [5.74, 6) is 0.708. The minimum Gasteiger partial charge on any atom is -0.443 e. The predicted octanol–water partition coefficient (Wildman–Crippen LogP) is 3.47. The highest BCUT2D eigenvalue weighted by Gasteiger charge is 2.16. The maximum atomic E-state index is 5.58. The second kappa shape index (κ2) is 4.86. The number of rotatable bonds is 3. The van der Waals surface area contributed by atoms with Crippen LogP contribution in [0.15, 0.2) is 64.0 Å². The van der Waals surface area contributed by atoms with Crippen molar-refractivity contribution in [1.29, 1.82) is 0 Å². The monoisotopic (exact) mass is 277 g/mol. The molecular formula is C16H11N3O2. The number of nitrogens with zero attached hydrogens (tertiary/aromatic N) is 3. The van der Waals surface area contributed by atoms with Gasteiger partial charge in [-0.15, -0.1) is 0 Å². The minimum atomic E-state index is 0.684. The van der Waals surface area contributed by atoms with Gasteiger partial charge in [-0.25, -0.2) is 9.61 Å². The minimum absolute atomic E-state index is 0.684. The molecule has 0 N–H and O–H groups in total. The maximum Gasteiger partial charge on any atom is 0.181 e. The molecule has 2 aromatic heterocycles. The van der Waals surface area contributed by atoms with Crippen molar-refractivity contribution in [2.75, 3.05) is 0 Å². The van der Waals surface area contributed by atoms with Gasteiger partial charge >= 0.3 is 0 Å². The molecule has 0 spiro atoms. The Labute approximate surface area is 120 Å². The predicted molar refractivity (Wildman–Crippen MR) is 76.5 cm³/mol. The molecular weight excluding hydrogens is 266 g/mol. The van der Waals surface area contributed by atoms with E-state index in [9.17, 15) is 0 Å². The number of fused-ring (bicyclic) bond motifs is 1. The van der Waals surface area contributed by atoms with E-state index in [4.69, 9.17) is 9.05 Å². The third-order valence-electron chi connectivity index (χ3n) is 3.39. The Morgan fingerprint density at radius 2 is 1.81 bits per heavy atom. The molecule has 102 valence electrons. The average Bonchev–Trinajstić information content (AvgIpc) is 3.16. The highest BCUT2D eigenvalue weighted by molar-refractivity contribution is 5.89. The van der Waals surface area contributed by atoms with Crippen LogP contribution in [0.5, 0.6) is 0 Å². The quantitative estimate of drug-likeness (QED) is 0.573. The Morgan fingerprint density at radius 3 is 2.71 bits per heavy atom. The number of hydrogen-bond acceptors (Lipinski definition) is 5. The van der Waals surface area contributed by atoms with E-state index < -0.39 is 0 Å². The van der Waals surface area contributed by atoms with Crippen molar-refractivity contribution >= 4 is 11.0 Å². The number of aromatic nitrogens is 3. The summed E-state index contributed by atoms with van der Waals surface area (Å²) in [6.45, 7) is 0. The van der Waals surface area contributed by atoms with E-state index in [-0.39, 0.29) is 0 Å². The zero-order chi connectivity index (χ0) is 14.1. The Hall–Kier alpha value is -2.95. The van der Waals surface area contributed by atoms with Crippen molar-refractivity contribution in [3.05, 3.63) is 66.2 Å². The molecule has 0 fully saturated rings. The normalized spacial score (nSPS) is 11.0. The second-order valence-corrected chi connectivity index (χ2v) is 4.73. The van der Waals surface area contributed by atoms with Gasteiger partial charge in [0.25, 0.3) is 0 Å². The first-order valence-corrected chi connectivity index (χ1v) is 6.60. The van der Waals surface area contributed by atoms with Crippen LogP contribution in [0.2, 0.25) is 0 Å². The van der Waals surface area contributed by atoms with Crippen molar-refractivity contribution in [2.45, 2.75) is 6.42 Å².